The Kier molecular flexibility index (Phi) is 6.39. The van der Waals surface area contributed by atoms with Gasteiger partial charge in [0.1, 0.15) is 0 Å². The average Bonchev–Trinajstić information content (AvgIpc) is 2.93. The Hall–Kier alpha value is -0.340. The van der Waals surface area contributed by atoms with Crippen molar-refractivity contribution in [3.05, 3.63) is 22.4 Å². The van der Waals surface area contributed by atoms with Crippen LogP contribution in [-0.4, -0.2) is 13.1 Å². The fraction of sp³-hybridized carbons (Fsp3) is 0.765. The third kappa shape index (κ3) is 4.61. The van der Waals surface area contributed by atoms with E-state index in [4.69, 9.17) is 0 Å². The van der Waals surface area contributed by atoms with E-state index in [9.17, 15) is 0 Å². The molecule has 0 aromatic carbocycles. The molecule has 0 saturated heterocycles. The van der Waals surface area contributed by atoms with Crippen LogP contribution in [0.15, 0.2) is 16.8 Å². The summed E-state index contributed by atoms with van der Waals surface area (Å²) in [5, 5.41) is 8.21. The first-order valence-corrected chi connectivity index (χ1v) is 8.99. The maximum absolute atomic E-state index is 3.65. The van der Waals surface area contributed by atoms with E-state index < -0.39 is 0 Å². The Morgan fingerprint density at radius 3 is 2.84 bits per heavy atom. The highest BCUT2D eigenvalue weighted by Gasteiger charge is 2.29. The van der Waals surface area contributed by atoms with Crippen molar-refractivity contribution in [2.24, 2.45) is 17.8 Å². The van der Waals surface area contributed by atoms with Gasteiger partial charge in [0, 0.05) is 0 Å². The van der Waals surface area contributed by atoms with Gasteiger partial charge in [-0.1, -0.05) is 26.7 Å². The summed E-state index contributed by atoms with van der Waals surface area (Å²) in [5.74, 6) is 2.78. The zero-order valence-corrected chi connectivity index (χ0v) is 13.3. The average molecular weight is 279 g/mol. The van der Waals surface area contributed by atoms with Gasteiger partial charge in [0.15, 0.2) is 0 Å². The molecule has 3 unspecified atom stereocenters. The first-order chi connectivity index (χ1) is 9.33. The van der Waals surface area contributed by atoms with Crippen LogP contribution in [-0.2, 0) is 6.42 Å². The molecular weight excluding hydrogens is 250 g/mol. The second-order valence-corrected chi connectivity index (χ2v) is 6.93. The molecule has 0 radical (unpaired) electrons. The Morgan fingerprint density at radius 1 is 1.26 bits per heavy atom. The number of nitrogens with one attached hydrogen (secondary N) is 1. The van der Waals surface area contributed by atoms with Crippen LogP contribution >= 0.6 is 11.3 Å². The molecule has 1 heterocycles. The van der Waals surface area contributed by atoms with E-state index in [0.29, 0.717) is 0 Å². The smallest absolute Gasteiger partial charge is 0.00178 e. The van der Waals surface area contributed by atoms with Crippen LogP contribution < -0.4 is 5.32 Å². The Labute approximate surface area is 122 Å². The van der Waals surface area contributed by atoms with Crippen molar-refractivity contribution in [3.8, 4) is 0 Å². The van der Waals surface area contributed by atoms with Crippen molar-refractivity contribution >= 4 is 11.3 Å². The quantitative estimate of drug-likeness (QED) is 0.711. The van der Waals surface area contributed by atoms with Crippen molar-refractivity contribution in [3.63, 3.8) is 0 Å². The lowest BCUT2D eigenvalue weighted by Crippen LogP contribution is -2.34. The van der Waals surface area contributed by atoms with Gasteiger partial charge in [-0.25, -0.2) is 0 Å². The summed E-state index contributed by atoms with van der Waals surface area (Å²) in [6, 6.07) is 2.32. The summed E-state index contributed by atoms with van der Waals surface area (Å²) in [6.45, 7) is 7.03. The SMILES string of the molecule is CCCNCC1CCC(CC)CC1Cc1ccsc1. The van der Waals surface area contributed by atoms with E-state index in [2.05, 4.69) is 36.0 Å². The molecule has 1 aliphatic carbocycles. The molecule has 0 bridgehead atoms. The van der Waals surface area contributed by atoms with E-state index >= 15 is 0 Å². The van der Waals surface area contributed by atoms with Crippen molar-refractivity contribution in [2.75, 3.05) is 13.1 Å². The summed E-state index contributed by atoms with van der Waals surface area (Å²) in [5.41, 5.74) is 1.56. The molecule has 1 N–H and O–H groups in total. The standard InChI is InChI=1S/C17H29NS/c1-3-8-18-12-16-6-5-14(4-2)10-17(16)11-15-7-9-19-13-15/h7,9,13-14,16-18H,3-6,8,10-12H2,1-2H3. The predicted octanol–water partition coefficient (Wildman–Crippen LogP) is 4.73. The Morgan fingerprint density at radius 2 is 2.16 bits per heavy atom. The zero-order valence-electron chi connectivity index (χ0n) is 12.5. The lowest BCUT2D eigenvalue weighted by atomic mass is 9.71. The van der Waals surface area contributed by atoms with E-state index in [1.54, 1.807) is 5.56 Å². The van der Waals surface area contributed by atoms with Crippen LogP contribution in [0, 0.1) is 17.8 Å². The molecule has 2 heteroatoms. The maximum Gasteiger partial charge on any atom is -0.00178 e. The predicted molar refractivity (Wildman–Crippen MR) is 85.8 cm³/mol. The lowest BCUT2D eigenvalue weighted by molar-refractivity contribution is 0.171. The van der Waals surface area contributed by atoms with Crippen LogP contribution in [0.1, 0.15) is 51.5 Å². The summed E-state index contributed by atoms with van der Waals surface area (Å²) >= 11 is 1.84. The Bertz CT molecular complexity index is 331. The first-order valence-electron chi connectivity index (χ1n) is 8.05. The monoisotopic (exact) mass is 279 g/mol. The highest BCUT2D eigenvalue weighted by molar-refractivity contribution is 7.07. The van der Waals surface area contributed by atoms with Gasteiger partial charge < -0.3 is 5.32 Å². The van der Waals surface area contributed by atoms with Crippen LogP contribution in [0.2, 0.25) is 0 Å². The molecule has 108 valence electrons. The van der Waals surface area contributed by atoms with E-state index in [0.717, 1.165) is 17.8 Å². The van der Waals surface area contributed by atoms with Gasteiger partial charge in [0.05, 0.1) is 0 Å². The van der Waals surface area contributed by atoms with Gasteiger partial charge in [-0.3, -0.25) is 0 Å². The molecule has 1 saturated carbocycles. The minimum absolute atomic E-state index is 0.897. The fourth-order valence-electron chi connectivity index (χ4n) is 3.49. The minimum atomic E-state index is 0.897. The molecule has 1 aromatic heterocycles. The molecule has 2 rings (SSSR count). The van der Waals surface area contributed by atoms with Crippen LogP contribution in [0.3, 0.4) is 0 Å². The molecule has 0 amide bonds. The van der Waals surface area contributed by atoms with Crippen LogP contribution in [0.5, 0.6) is 0 Å². The van der Waals surface area contributed by atoms with Gasteiger partial charge in [-0.2, -0.15) is 11.3 Å². The molecule has 0 aliphatic heterocycles. The third-order valence-corrected chi connectivity index (χ3v) is 5.47. The van der Waals surface area contributed by atoms with E-state index in [-0.39, 0.29) is 0 Å². The lowest BCUT2D eigenvalue weighted by Gasteiger charge is -2.36. The highest BCUT2D eigenvalue weighted by Crippen LogP contribution is 2.37. The molecule has 3 atom stereocenters. The maximum atomic E-state index is 3.65. The minimum Gasteiger partial charge on any atom is -0.316 e. The van der Waals surface area contributed by atoms with Crippen molar-refractivity contribution in [2.45, 2.75) is 52.4 Å². The van der Waals surface area contributed by atoms with Gasteiger partial charge in [-0.05, 0) is 78.9 Å². The van der Waals surface area contributed by atoms with E-state index in [1.165, 1.54) is 51.6 Å². The molecule has 1 aliphatic rings. The molecule has 19 heavy (non-hydrogen) atoms. The zero-order chi connectivity index (χ0) is 13.5. The molecule has 1 nitrogen and oxygen atoms in total. The summed E-state index contributed by atoms with van der Waals surface area (Å²) in [4.78, 5) is 0. The summed E-state index contributed by atoms with van der Waals surface area (Å²) in [7, 11) is 0. The number of rotatable bonds is 7. The van der Waals surface area contributed by atoms with E-state index in [1.807, 2.05) is 11.3 Å². The first kappa shape index (κ1) is 15.1. The van der Waals surface area contributed by atoms with Gasteiger partial charge in [0.25, 0.3) is 0 Å². The number of hydrogen-bond donors (Lipinski definition) is 1. The second-order valence-electron chi connectivity index (χ2n) is 6.15. The molecule has 1 fully saturated rings. The largest absolute Gasteiger partial charge is 0.316 e. The fourth-order valence-corrected chi connectivity index (χ4v) is 4.17. The molecular formula is C17H29NS. The van der Waals surface area contributed by atoms with Gasteiger partial charge in [0.2, 0.25) is 0 Å². The van der Waals surface area contributed by atoms with Crippen LogP contribution in [0.25, 0.3) is 0 Å². The normalized spacial score (nSPS) is 27.6. The van der Waals surface area contributed by atoms with Gasteiger partial charge >= 0.3 is 0 Å². The van der Waals surface area contributed by atoms with Gasteiger partial charge in [-0.15, -0.1) is 0 Å². The van der Waals surface area contributed by atoms with Crippen LogP contribution in [0.4, 0.5) is 0 Å². The van der Waals surface area contributed by atoms with Crippen molar-refractivity contribution in [1.82, 2.24) is 5.32 Å². The summed E-state index contributed by atoms with van der Waals surface area (Å²) < 4.78 is 0. The third-order valence-electron chi connectivity index (χ3n) is 4.74. The topological polar surface area (TPSA) is 12.0 Å². The number of thiophene rings is 1. The Balaban J connectivity index is 1.90. The molecule has 1 aromatic rings. The number of hydrogen-bond acceptors (Lipinski definition) is 2. The van der Waals surface area contributed by atoms with Crippen molar-refractivity contribution < 1.29 is 0 Å². The highest BCUT2D eigenvalue weighted by atomic mass is 32.1. The second kappa shape index (κ2) is 8.06. The molecule has 0 spiro atoms. The summed E-state index contributed by atoms with van der Waals surface area (Å²) in [6.07, 6.45) is 8.26. The van der Waals surface area contributed by atoms with Crippen molar-refractivity contribution in [1.29, 1.82) is 0 Å².